The van der Waals surface area contributed by atoms with E-state index in [9.17, 15) is 4.79 Å². The van der Waals surface area contributed by atoms with Crippen LogP contribution in [0.15, 0.2) is 65.4 Å². The van der Waals surface area contributed by atoms with Gasteiger partial charge in [0.1, 0.15) is 5.82 Å². The molecule has 2 aromatic rings. The molecule has 0 fully saturated rings. The van der Waals surface area contributed by atoms with Gasteiger partial charge in [-0.15, -0.1) is 0 Å². The fraction of sp³-hybridized carbons (Fsp3) is 0.238. The lowest BCUT2D eigenvalue weighted by Gasteiger charge is -2.29. The number of pyridine rings is 1. The van der Waals surface area contributed by atoms with Crippen LogP contribution in [0.4, 0.5) is 5.82 Å². The zero-order chi connectivity index (χ0) is 18.0. The molecule has 0 bridgehead atoms. The number of benzene rings is 1. The molecule has 0 radical (unpaired) electrons. The van der Waals surface area contributed by atoms with Crippen LogP contribution in [-0.4, -0.2) is 10.8 Å². The standard InChI is InChI=1S/C21H21BrN2O/c1-14(15-6-4-7-16(22)10-15)19-8-5-9-23-20(19)24-17-11-18(25)13-21(2,3)12-17/h4-11H,1,12-13H2,2-3H3,(H,23,24). The molecule has 1 aromatic carbocycles. The van der Waals surface area contributed by atoms with Gasteiger partial charge in [-0.2, -0.15) is 0 Å². The minimum Gasteiger partial charge on any atom is -0.343 e. The number of anilines is 1. The predicted molar refractivity (Wildman–Crippen MR) is 106 cm³/mol. The minimum atomic E-state index is -0.0373. The van der Waals surface area contributed by atoms with E-state index in [-0.39, 0.29) is 11.2 Å². The van der Waals surface area contributed by atoms with Crippen LogP contribution in [-0.2, 0) is 4.79 Å². The Bertz CT molecular complexity index is 868. The molecule has 1 aliphatic carbocycles. The second kappa shape index (κ2) is 6.96. The van der Waals surface area contributed by atoms with Gasteiger partial charge in [-0.25, -0.2) is 4.98 Å². The highest BCUT2D eigenvalue weighted by Crippen LogP contribution is 2.35. The summed E-state index contributed by atoms with van der Waals surface area (Å²) in [4.78, 5) is 16.5. The lowest BCUT2D eigenvalue weighted by Crippen LogP contribution is -2.24. The summed E-state index contributed by atoms with van der Waals surface area (Å²) in [7, 11) is 0. The van der Waals surface area contributed by atoms with Gasteiger partial charge >= 0.3 is 0 Å². The van der Waals surface area contributed by atoms with E-state index in [1.807, 2.05) is 36.4 Å². The van der Waals surface area contributed by atoms with E-state index in [2.05, 4.69) is 46.7 Å². The molecule has 128 valence electrons. The van der Waals surface area contributed by atoms with Crippen molar-refractivity contribution in [2.75, 3.05) is 5.32 Å². The molecule has 0 saturated carbocycles. The highest BCUT2D eigenvalue weighted by atomic mass is 79.9. The first-order chi connectivity index (χ1) is 11.8. The lowest BCUT2D eigenvalue weighted by molar-refractivity contribution is -0.117. The number of carbonyl (C=O) groups is 1. The van der Waals surface area contributed by atoms with Crippen molar-refractivity contribution < 1.29 is 4.79 Å². The maximum absolute atomic E-state index is 12.0. The Balaban J connectivity index is 1.92. The molecule has 0 saturated heterocycles. The molecule has 0 aliphatic heterocycles. The van der Waals surface area contributed by atoms with Crippen molar-refractivity contribution in [3.05, 3.63) is 76.5 Å². The summed E-state index contributed by atoms with van der Waals surface area (Å²) >= 11 is 3.50. The molecule has 1 heterocycles. The topological polar surface area (TPSA) is 42.0 Å². The Morgan fingerprint density at radius 2 is 2.04 bits per heavy atom. The fourth-order valence-corrected chi connectivity index (χ4v) is 3.56. The van der Waals surface area contributed by atoms with Crippen LogP contribution in [0.3, 0.4) is 0 Å². The monoisotopic (exact) mass is 396 g/mol. The normalized spacial score (nSPS) is 16.3. The Morgan fingerprint density at radius 1 is 1.24 bits per heavy atom. The molecule has 0 amide bonds. The number of rotatable bonds is 4. The molecule has 3 nitrogen and oxygen atoms in total. The van der Waals surface area contributed by atoms with Gasteiger partial charge in [0.15, 0.2) is 5.78 Å². The summed E-state index contributed by atoms with van der Waals surface area (Å²) in [6.07, 6.45) is 4.85. The molecule has 1 aliphatic rings. The smallest absolute Gasteiger partial charge is 0.157 e. The largest absolute Gasteiger partial charge is 0.343 e. The number of carbonyl (C=O) groups excluding carboxylic acids is 1. The van der Waals surface area contributed by atoms with Gasteiger partial charge in [0.05, 0.1) is 0 Å². The molecular formula is C21H21BrN2O. The number of ketones is 1. The third kappa shape index (κ3) is 4.26. The van der Waals surface area contributed by atoms with Crippen molar-refractivity contribution in [1.82, 2.24) is 4.98 Å². The van der Waals surface area contributed by atoms with Crippen LogP contribution in [0.2, 0.25) is 0 Å². The average molecular weight is 397 g/mol. The zero-order valence-corrected chi connectivity index (χ0v) is 16.1. The van der Waals surface area contributed by atoms with Gasteiger partial charge in [0.2, 0.25) is 0 Å². The van der Waals surface area contributed by atoms with Gasteiger partial charge in [0, 0.05) is 34.4 Å². The molecular weight excluding hydrogens is 376 g/mol. The second-order valence-electron chi connectivity index (χ2n) is 7.17. The van der Waals surface area contributed by atoms with Crippen molar-refractivity contribution >= 4 is 33.1 Å². The minimum absolute atomic E-state index is 0.0373. The summed E-state index contributed by atoms with van der Waals surface area (Å²) in [5.41, 5.74) is 3.71. The first-order valence-corrected chi connectivity index (χ1v) is 9.04. The molecule has 1 aromatic heterocycles. The van der Waals surface area contributed by atoms with E-state index < -0.39 is 0 Å². The van der Waals surface area contributed by atoms with Crippen molar-refractivity contribution in [2.24, 2.45) is 5.41 Å². The highest BCUT2D eigenvalue weighted by molar-refractivity contribution is 9.10. The van der Waals surface area contributed by atoms with E-state index in [0.717, 1.165) is 39.1 Å². The third-order valence-corrected chi connectivity index (χ3v) is 4.74. The van der Waals surface area contributed by atoms with Gasteiger partial charge in [0.25, 0.3) is 0 Å². The van der Waals surface area contributed by atoms with Gasteiger partial charge in [-0.1, -0.05) is 48.5 Å². The number of halogens is 1. The summed E-state index contributed by atoms with van der Waals surface area (Å²) in [5, 5.41) is 3.36. The van der Waals surface area contributed by atoms with Crippen LogP contribution in [0.1, 0.15) is 37.8 Å². The van der Waals surface area contributed by atoms with E-state index >= 15 is 0 Å². The Kier molecular flexibility index (Phi) is 4.91. The second-order valence-corrected chi connectivity index (χ2v) is 8.08. The van der Waals surface area contributed by atoms with E-state index in [1.54, 1.807) is 12.3 Å². The number of allylic oxidation sites excluding steroid dienone is 2. The fourth-order valence-electron chi connectivity index (χ4n) is 3.16. The van der Waals surface area contributed by atoms with Crippen molar-refractivity contribution in [1.29, 1.82) is 0 Å². The summed E-state index contributed by atoms with van der Waals surface area (Å²) in [6.45, 7) is 8.47. The van der Waals surface area contributed by atoms with Crippen molar-refractivity contribution in [3.63, 3.8) is 0 Å². The molecule has 25 heavy (non-hydrogen) atoms. The number of hydrogen-bond donors (Lipinski definition) is 1. The zero-order valence-electron chi connectivity index (χ0n) is 14.5. The molecule has 3 rings (SSSR count). The van der Waals surface area contributed by atoms with Crippen LogP contribution < -0.4 is 5.32 Å². The SMILES string of the molecule is C=C(c1cccc(Br)c1)c1cccnc1NC1=CC(=O)CC(C)(C)C1. The Hall–Kier alpha value is -2.20. The molecule has 0 unspecified atom stereocenters. The maximum Gasteiger partial charge on any atom is 0.157 e. The van der Waals surface area contributed by atoms with Gasteiger partial charge in [-0.3, -0.25) is 4.79 Å². The molecule has 4 heteroatoms. The Morgan fingerprint density at radius 3 is 2.76 bits per heavy atom. The number of nitrogens with zero attached hydrogens (tertiary/aromatic N) is 1. The van der Waals surface area contributed by atoms with Crippen molar-refractivity contribution in [3.8, 4) is 0 Å². The number of hydrogen-bond acceptors (Lipinski definition) is 3. The number of nitrogens with one attached hydrogen (secondary N) is 1. The Labute approximate surface area is 157 Å². The van der Waals surface area contributed by atoms with E-state index in [1.165, 1.54) is 0 Å². The van der Waals surface area contributed by atoms with E-state index in [0.29, 0.717) is 6.42 Å². The summed E-state index contributed by atoms with van der Waals surface area (Å²) in [6, 6.07) is 11.9. The number of aromatic nitrogens is 1. The van der Waals surface area contributed by atoms with E-state index in [4.69, 9.17) is 0 Å². The quantitative estimate of drug-likeness (QED) is 0.731. The van der Waals surface area contributed by atoms with Crippen LogP contribution in [0.25, 0.3) is 5.57 Å². The van der Waals surface area contributed by atoms with Crippen LogP contribution in [0.5, 0.6) is 0 Å². The maximum atomic E-state index is 12.0. The van der Waals surface area contributed by atoms with Gasteiger partial charge in [-0.05, 0) is 47.2 Å². The lowest BCUT2D eigenvalue weighted by atomic mass is 9.79. The van der Waals surface area contributed by atoms with Crippen molar-refractivity contribution in [2.45, 2.75) is 26.7 Å². The average Bonchev–Trinajstić information content (AvgIpc) is 2.53. The summed E-state index contributed by atoms with van der Waals surface area (Å²) in [5.74, 6) is 0.881. The molecule has 1 N–H and O–H groups in total. The predicted octanol–water partition coefficient (Wildman–Crippen LogP) is 5.59. The third-order valence-electron chi connectivity index (χ3n) is 4.24. The van der Waals surface area contributed by atoms with Crippen LogP contribution in [0, 0.1) is 5.41 Å². The molecule has 0 spiro atoms. The first kappa shape index (κ1) is 17.6. The summed E-state index contributed by atoms with van der Waals surface area (Å²) < 4.78 is 1.01. The van der Waals surface area contributed by atoms with Crippen LogP contribution >= 0.6 is 15.9 Å². The highest BCUT2D eigenvalue weighted by Gasteiger charge is 2.28. The molecule has 0 atom stereocenters. The van der Waals surface area contributed by atoms with Gasteiger partial charge < -0.3 is 5.32 Å². The first-order valence-electron chi connectivity index (χ1n) is 8.25.